The number of carbonyl (C=O) groups is 1. The fourth-order valence-electron chi connectivity index (χ4n) is 1.52. The van der Waals surface area contributed by atoms with Crippen LogP contribution in [-0.2, 0) is 0 Å². The van der Waals surface area contributed by atoms with Gasteiger partial charge in [0.25, 0.3) is 0 Å². The lowest BCUT2D eigenvalue weighted by Crippen LogP contribution is -1.99. The van der Waals surface area contributed by atoms with Crippen LogP contribution in [0.15, 0.2) is 29.6 Å². The highest BCUT2D eigenvalue weighted by atomic mass is 35.5. The van der Waals surface area contributed by atoms with Crippen molar-refractivity contribution in [3.63, 3.8) is 0 Å². The van der Waals surface area contributed by atoms with Crippen molar-refractivity contribution in [2.45, 2.75) is 6.92 Å². The first-order valence-corrected chi connectivity index (χ1v) is 5.92. The van der Waals surface area contributed by atoms with Gasteiger partial charge in [-0.05, 0) is 30.5 Å². The molecule has 0 fully saturated rings. The van der Waals surface area contributed by atoms with Crippen LogP contribution in [0.25, 0.3) is 10.4 Å². The molecule has 0 radical (unpaired) electrons. The van der Waals surface area contributed by atoms with Crippen molar-refractivity contribution in [2.75, 3.05) is 0 Å². The molecule has 1 aromatic heterocycles. The average molecular weight is 253 g/mol. The maximum Gasteiger partial charge on any atom is 0.336 e. The van der Waals surface area contributed by atoms with Gasteiger partial charge in [-0.15, -0.1) is 11.3 Å². The number of aromatic carboxylic acids is 1. The normalized spacial score (nSPS) is 10.4. The van der Waals surface area contributed by atoms with Crippen molar-refractivity contribution in [2.24, 2.45) is 0 Å². The zero-order chi connectivity index (χ0) is 11.7. The number of halogens is 1. The minimum absolute atomic E-state index is 0.287. The predicted molar refractivity (Wildman–Crippen MR) is 66.5 cm³/mol. The Hall–Kier alpha value is -1.32. The molecule has 0 amide bonds. The summed E-state index contributed by atoms with van der Waals surface area (Å²) >= 11 is 7.47. The first-order chi connectivity index (χ1) is 7.59. The molecule has 0 saturated heterocycles. The number of hydrogen-bond acceptors (Lipinski definition) is 2. The van der Waals surface area contributed by atoms with Gasteiger partial charge < -0.3 is 5.11 Å². The van der Waals surface area contributed by atoms with Gasteiger partial charge in [0, 0.05) is 5.56 Å². The second-order valence-corrected chi connectivity index (χ2v) is 4.78. The summed E-state index contributed by atoms with van der Waals surface area (Å²) in [5.41, 5.74) is 1.99. The number of carboxylic acid groups (broad SMARTS) is 1. The summed E-state index contributed by atoms with van der Waals surface area (Å²) in [6, 6.07) is 7.02. The minimum atomic E-state index is -0.931. The van der Waals surface area contributed by atoms with Crippen LogP contribution in [0.2, 0.25) is 5.02 Å². The summed E-state index contributed by atoms with van der Waals surface area (Å²) < 4.78 is 0. The predicted octanol–water partition coefficient (Wildman–Crippen LogP) is 4.08. The van der Waals surface area contributed by atoms with Crippen LogP contribution < -0.4 is 0 Å². The third kappa shape index (κ3) is 1.96. The van der Waals surface area contributed by atoms with E-state index in [0.717, 1.165) is 10.4 Å². The molecule has 0 aliphatic heterocycles. The van der Waals surface area contributed by atoms with E-state index in [-0.39, 0.29) is 5.56 Å². The van der Waals surface area contributed by atoms with Gasteiger partial charge in [0.1, 0.15) is 0 Å². The van der Waals surface area contributed by atoms with Gasteiger partial charge in [-0.3, -0.25) is 0 Å². The minimum Gasteiger partial charge on any atom is -0.478 e. The summed E-state index contributed by atoms with van der Waals surface area (Å²) in [7, 11) is 0. The molecule has 1 heterocycles. The van der Waals surface area contributed by atoms with Crippen molar-refractivity contribution >= 4 is 28.9 Å². The second-order valence-electron chi connectivity index (χ2n) is 3.45. The van der Waals surface area contributed by atoms with Crippen LogP contribution in [0.3, 0.4) is 0 Å². The highest BCUT2D eigenvalue weighted by Gasteiger charge is 2.14. The van der Waals surface area contributed by atoms with Crippen LogP contribution in [0.5, 0.6) is 0 Å². The quantitative estimate of drug-likeness (QED) is 0.875. The monoisotopic (exact) mass is 252 g/mol. The molecule has 4 heteroatoms. The van der Waals surface area contributed by atoms with Crippen molar-refractivity contribution in [3.05, 3.63) is 45.8 Å². The third-order valence-corrected chi connectivity index (χ3v) is 3.64. The van der Waals surface area contributed by atoms with E-state index in [0.29, 0.717) is 10.6 Å². The second kappa shape index (κ2) is 4.28. The van der Waals surface area contributed by atoms with Crippen LogP contribution in [0, 0.1) is 6.92 Å². The SMILES string of the molecule is Cc1ccc(C(=O)O)c(-c2sccc2Cl)c1. The molecule has 0 unspecified atom stereocenters. The van der Waals surface area contributed by atoms with E-state index in [1.807, 2.05) is 18.4 Å². The van der Waals surface area contributed by atoms with E-state index in [2.05, 4.69) is 0 Å². The fraction of sp³-hybridized carbons (Fsp3) is 0.0833. The molecular weight excluding hydrogens is 244 g/mol. The van der Waals surface area contributed by atoms with E-state index in [1.165, 1.54) is 11.3 Å². The number of aryl methyl sites for hydroxylation is 1. The maximum atomic E-state index is 11.1. The molecule has 1 N–H and O–H groups in total. The number of carboxylic acids is 1. The lowest BCUT2D eigenvalue weighted by Gasteiger charge is -2.05. The molecule has 0 bridgehead atoms. The molecule has 0 aliphatic carbocycles. The van der Waals surface area contributed by atoms with E-state index < -0.39 is 5.97 Å². The van der Waals surface area contributed by atoms with Gasteiger partial charge in [0.05, 0.1) is 15.5 Å². The van der Waals surface area contributed by atoms with Gasteiger partial charge in [-0.1, -0.05) is 23.2 Å². The van der Waals surface area contributed by atoms with Gasteiger partial charge in [-0.25, -0.2) is 4.79 Å². The van der Waals surface area contributed by atoms with Gasteiger partial charge in [-0.2, -0.15) is 0 Å². The largest absolute Gasteiger partial charge is 0.478 e. The van der Waals surface area contributed by atoms with Gasteiger partial charge >= 0.3 is 5.97 Å². The highest BCUT2D eigenvalue weighted by Crippen LogP contribution is 2.35. The fourth-order valence-corrected chi connectivity index (χ4v) is 2.71. The Morgan fingerprint density at radius 1 is 1.38 bits per heavy atom. The summed E-state index contributed by atoms with van der Waals surface area (Å²) in [6.45, 7) is 1.93. The van der Waals surface area contributed by atoms with E-state index >= 15 is 0 Å². The molecule has 82 valence electrons. The van der Waals surface area contributed by atoms with E-state index in [4.69, 9.17) is 16.7 Å². The van der Waals surface area contributed by atoms with E-state index in [1.54, 1.807) is 18.2 Å². The molecule has 16 heavy (non-hydrogen) atoms. The van der Waals surface area contributed by atoms with Crippen LogP contribution in [-0.4, -0.2) is 11.1 Å². The molecular formula is C12H9ClO2S. The van der Waals surface area contributed by atoms with Crippen LogP contribution in [0.4, 0.5) is 0 Å². The summed E-state index contributed by atoms with van der Waals surface area (Å²) in [5.74, 6) is -0.931. The van der Waals surface area contributed by atoms with Crippen molar-refractivity contribution in [1.82, 2.24) is 0 Å². The van der Waals surface area contributed by atoms with Crippen molar-refractivity contribution < 1.29 is 9.90 Å². The molecule has 0 atom stereocenters. The Bertz CT molecular complexity index is 546. The smallest absolute Gasteiger partial charge is 0.336 e. The van der Waals surface area contributed by atoms with Crippen molar-refractivity contribution in [3.8, 4) is 10.4 Å². The van der Waals surface area contributed by atoms with Gasteiger partial charge in [0.15, 0.2) is 0 Å². The van der Waals surface area contributed by atoms with Gasteiger partial charge in [0.2, 0.25) is 0 Å². The van der Waals surface area contributed by atoms with E-state index in [9.17, 15) is 4.79 Å². The number of hydrogen-bond donors (Lipinski definition) is 1. The highest BCUT2D eigenvalue weighted by molar-refractivity contribution is 7.14. The molecule has 0 saturated carbocycles. The molecule has 2 aromatic rings. The Balaban J connectivity index is 2.67. The number of thiophene rings is 1. The zero-order valence-corrected chi connectivity index (χ0v) is 10.1. The lowest BCUT2D eigenvalue weighted by atomic mass is 10.0. The number of benzene rings is 1. The Kier molecular flexibility index (Phi) is 2.99. The third-order valence-electron chi connectivity index (χ3n) is 2.27. The Morgan fingerprint density at radius 3 is 2.69 bits per heavy atom. The van der Waals surface area contributed by atoms with Crippen LogP contribution in [0.1, 0.15) is 15.9 Å². The maximum absolute atomic E-state index is 11.1. The first-order valence-electron chi connectivity index (χ1n) is 4.67. The summed E-state index contributed by atoms with van der Waals surface area (Å²) in [5, 5.41) is 11.6. The Morgan fingerprint density at radius 2 is 2.12 bits per heavy atom. The van der Waals surface area contributed by atoms with Crippen LogP contribution >= 0.6 is 22.9 Å². The molecule has 0 aliphatic rings. The Labute approximate surface area is 102 Å². The van der Waals surface area contributed by atoms with Crippen molar-refractivity contribution in [1.29, 1.82) is 0 Å². The first kappa shape index (κ1) is 11.2. The summed E-state index contributed by atoms with van der Waals surface area (Å²) in [6.07, 6.45) is 0. The topological polar surface area (TPSA) is 37.3 Å². The standard InChI is InChI=1S/C12H9ClO2S/c1-7-2-3-8(12(14)15)9(6-7)11-10(13)4-5-16-11/h2-6H,1H3,(H,14,15). The number of rotatable bonds is 2. The molecule has 2 nitrogen and oxygen atoms in total. The summed E-state index contributed by atoms with van der Waals surface area (Å²) in [4.78, 5) is 11.9. The molecule has 0 spiro atoms. The molecule has 2 rings (SSSR count). The zero-order valence-electron chi connectivity index (χ0n) is 8.53. The molecule has 1 aromatic carbocycles. The average Bonchev–Trinajstić information content (AvgIpc) is 2.63. The lowest BCUT2D eigenvalue weighted by molar-refractivity contribution is 0.0698.